The van der Waals surface area contributed by atoms with E-state index in [4.69, 9.17) is 12.6 Å². The molecular weight excluding hydrogens is 395 g/mol. The smallest absolute Gasteiger partial charge is 0.254 e. The lowest BCUT2D eigenvalue weighted by Gasteiger charge is -2.42. The van der Waals surface area contributed by atoms with Crippen molar-refractivity contribution in [3.63, 3.8) is 0 Å². The number of amides is 1. The first-order chi connectivity index (χ1) is 15.3. The van der Waals surface area contributed by atoms with Gasteiger partial charge in [0.15, 0.2) is 0 Å². The lowest BCUT2D eigenvalue weighted by atomic mass is 9.85. The molecule has 1 aromatic heterocycles. The lowest BCUT2D eigenvalue weighted by molar-refractivity contribution is -0.0877. The van der Waals surface area contributed by atoms with Crippen LogP contribution in [0.2, 0.25) is 0 Å². The number of fused-ring (bicyclic) bond motifs is 3. The zero-order valence-electron chi connectivity index (χ0n) is 18.8. The fraction of sp³-hybridized carbons (Fsp3) is 0.296. The third-order valence-corrected chi connectivity index (χ3v) is 6.33. The van der Waals surface area contributed by atoms with Crippen molar-refractivity contribution in [2.24, 2.45) is 5.41 Å². The summed E-state index contributed by atoms with van der Waals surface area (Å²) in [7, 11) is 6.10. The van der Waals surface area contributed by atoms with Gasteiger partial charge in [0.05, 0.1) is 17.1 Å². The van der Waals surface area contributed by atoms with Gasteiger partial charge in [0.2, 0.25) is 0 Å². The van der Waals surface area contributed by atoms with Crippen LogP contribution in [0.25, 0.3) is 27.5 Å². The van der Waals surface area contributed by atoms with Crippen molar-refractivity contribution >= 4 is 35.6 Å². The molecule has 160 valence electrons. The maximum Gasteiger partial charge on any atom is 0.254 e. The topological polar surface area (TPSA) is 34.5 Å². The van der Waals surface area contributed by atoms with E-state index in [0.29, 0.717) is 18.7 Å². The Hall–Kier alpha value is -3.05. The van der Waals surface area contributed by atoms with E-state index in [9.17, 15) is 4.79 Å². The van der Waals surface area contributed by atoms with Crippen molar-refractivity contribution in [1.29, 1.82) is 0 Å². The maximum absolute atomic E-state index is 13.2. The molecule has 0 saturated carbocycles. The molecule has 1 amide bonds. The monoisotopic (exact) mass is 422 g/mol. The van der Waals surface area contributed by atoms with Gasteiger partial charge in [-0.3, -0.25) is 4.79 Å². The van der Waals surface area contributed by atoms with Crippen molar-refractivity contribution in [3.8, 4) is 5.69 Å². The number of hydrogen-bond acceptors (Lipinski definition) is 2. The lowest BCUT2D eigenvalue weighted by Crippen LogP contribution is -2.54. The van der Waals surface area contributed by atoms with E-state index >= 15 is 0 Å². The van der Waals surface area contributed by atoms with Crippen LogP contribution in [0.1, 0.15) is 31.1 Å². The average Bonchev–Trinajstić information content (AvgIpc) is 3.12. The Balaban J connectivity index is 1.48. The number of morpholine rings is 1. The maximum atomic E-state index is 13.2. The van der Waals surface area contributed by atoms with Crippen LogP contribution in [0.3, 0.4) is 0 Å². The average molecular weight is 422 g/mol. The fourth-order valence-electron chi connectivity index (χ4n) is 4.57. The third-order valence-electron chi connectivity index (χ3n) is 6.33. The molecule has 2 atom stereocenters. The molecule has 32 heavy (non-hydrogen) atoms. The quantitative estimate of drug-likeness (QED) is 0.418. The van der Waals surface area contributed by atoms with E-state index in [1.54, 1.807) is 0 Å². The van der Waals surface area contributed by atoms with Crippen LogP contribution in [0.4, 0.5) is 0 Å². The van der Waals surface area contributed by atoms with Crippen LogP contribution in [-0.2, 0) is 4.74 Å². The minimum Gasteiger partial charge on any atom is -0.381 e. The van der Waals surface area contributed by atoms with Gasteiger partial charge in [0, 0.05) is 41.1 Å². The highest BCUT2D eigenvalue weighted by atomic mass is 16.5. The summed E-state index contributed by atoms with van der Waals surface area (Å²) in [5.41, 5.74) is 3.91. The van der Waals surface area contributed by atoms with Crippen molar-refractivity contribution in [2.75, 3.05) is 13.1 Å². The Bertz CT molecular complexity index is 1230. The summed E-state index contributed by atoms with van der Waals surface area (Å²) in [6.45, 7) is 7.28. The van der Waals surface area contributed by atoms with Crippen LogP contribution in [-0.4, -0.2) is 48.4 Å². The molecule has 2 heterocycles. The number of carbonyl (C=O) groups excluding carboxylic acids is 1. The SMILES string of the molecule is [B]C1CN(C(=O)c2ccc(-n3c4ccccc4c4ccccc43)cc2)CC(C(C)(C)C)O1. The van der Waals surface area contributed by atoms with Crippen molar-refractivity contribution in [3.05, 3.63) is 78.4 Å². The molecule has 3 aromatic carbocycles. The molecule has 2 unspecified atom stereocenters. The van der Waals surface area contributed by atoms with Crippen LogP contribution >= 0.6 is 0 Å². The molecule has 0 N–H and O–H groups in total. The molecule has 0 spiro atoms. The number of rotatable bonds is 2. The van der Waals surface area contributed by atoms with Crippen molar-refractivity contribution in [2.45, 2.75) is 32.9 Å². The molecule has 0 aliphatic carbocycles. The number of carbonyl (C=O) groups is 1. The summed E-state index contributed by atoms with van der Waals surface area (Å²) in [6.07, 6.45) is -0.0907. The summed E-state index contributed by atoms with van der Waals surface area (Å²) in [6, 6.07) is 24.2. The highest BCUT2D eigenvalue weighted by Gasteiger charge is 2.35. The Morgan fingerprint density at radius 1 is 0.875 bits per heavy atom. The number of hydrogen-bond donors (Lipinski definition) is 0. The van der Waals surface area contributed by atoms with Crippen LogP contribution in [0.15, 0.2) is 72.8 Å². The number of para-hydroxylation sites is 2. The van der Waals surface area contributed by atoms with E-state index in [1.165, 1.54) is 10.8 Å². The first-order valence-electron chi connectivity index (χ1n) is 11.1. The number of ether oxygens (including phenoxy) is 1. The molecule has 1 fully saturated rings. The first kappa shape index (κ1) is 20.8. The van der Waals surface area contributed by atoms with Gasteiger partial charge in [-0.05, 0) is 41.8 Å². The minimum absolute atomic E-state index is 0.00762. The van der Waals surface area contributed by atoms with E-state index < -0.39 is 6.00 Å². The Morgan fingerprint density at radius 2 is 1.44 bits per heavy atom. The molecule has 5 heteroatoms. The zero-order chi connectivity index (χ0) is 22.5. The number of aromatic nitrogens is 1. The van der Waals surface area contributed by atoms with Crippen LogP contribution in [0.5, 0.6) is 0 Å². The largest absolute Gasteiger partial charge is 0.381 e. The van der Waals surface area contributed by atoms with E-state index in [1.807, 2.05) is 29.2 Å². The molecule has 0 bridgehead atoms. The second-order valence-corrected chi connectivity index (χ2v) is 9.66. The third kappa shape index (κ3) is 3.61. The zero-order valence-corrected chi connectivity index (χ0v) is 18.8. The van der Waals surface area contributed by atoms with Gasteiger partial charge in [-0.25, -0.2) is 0 Å². The molecule has 4 aromatic rings. The Labute approximate surface area is 190 Å². The second-order valence-electron chi connectivity index (χ2n) is 9.66. The summed E-state index contributed by atoms with van der Waals surface area (Å²) < 4.78 is 8.15. The predicted octanol–water partition coefficient (Wildman–Crippen LogP) is 5.17. The van der Waals surface area contributed by atoms with Crippen molar-refractivity contribution in [1.82, 2.24) is 9.47 Å². The first-order valence-corrected chi connectivity index (χ1v) is 11.1. The number of benzene rings is 3. The van der Waals surface area contributed by atoms with Gasteiger partial charge < -0.3 is 14.2 Å². The number of nitrogens with zero attached hydrogens (tertiary/aromatic N) is 2. The molecule has 2 radical (unpaired) electrons. The molecule has 4 nitrogen and oxygen atoms in total. The van der Waals surface area contributed by atoms with Crippen LogP contribution in [0, 0.1) is 5.41 Å². The van der Waals surface area contributed by atoms with Gasteiger partial charge in [-0.15, -0.1) is 0 Å². The van der Waals surface area contributed by atoms with Gasteiger partial charge in [0.25, 0.3) is 5.91 Å². The highest BCUT2D eigenvalue weighted by molar-refractivity contribution is 6.11. The molecular formula is C27H27BN2O2. The summed E-state index contributed by atoms with van der Waals surface area (Å²) >= 11 is 0. The van der Waals surface area contributed by atoms with Gasteiger partial charge in [0.1, 0.15) is 7.85 Å². The van der Waals surface area contributed by atoms with Crippen molar-refractivity contribution < 1.29 is 9.53 Å². The van der Waals surface area contributed by atoms with Gasteiger partial charge >= 0.3 is 0 Å². The molecule has 1 aliphatic heterocycles. The fourth-order valence-corrected chi connectivity index (χ4v) is 4.57. The summed E-state index contributed by atoms with van der Waals surface area (Å²) in [4.78, 5) is 15.1. The van der Waals surface area contributed by atoms with Gasteiger partial charge in [-0.1, -0.05) is 57.2 Å². The van der Waals surface area contributed by atoms with E-state index in [-0.39, 0.29) is 17.4 Å². The normalized spacial score (nSPS) is 19.5. The highest BCUT2D eigenvalue weighted by Crippen LogP contribution is 2.32. The van der Waals surface area contributed by atoms with E-state index in [2.05, 4.69) is 73.9 Å². The van der Waals surface area contributed by atoms with E-state index in [0.717, 1.165) is 16.7 Å². The molecule has 1 aliphatic rings. The Kier molecular flexibility index (Phi) is 5.09. The molecule has 5 rings (SSSR count). The second kappa shape index (κ2) is 7.82. The summed E-state index contributed by atoms with van der Waals surface area (Å²) in [5, 5.41) is 2.44. The predicted molar refractivity (Wildman–Crippen MR) is 131 cm³/mol. The summed E-state index contributed by atoms with van der Waals surface area (Å²) in [5.74, 6) is -0.00762. The minimum atomic E-state index is -0.464. The van der Waals surface area contributed by atoms with Gasteiger partial charge in [-0.2, -0.15) is 0 Å². The standard InChI is InChI=1S/C27H27BN2O2/c1-27(2,3)24-16-29(17-25(28)32-24)26(31)18-12-14-19(15-13-18)30-22-10-6-4-8-20(22)21-9-5-7-11-23(21)30/h4-15,24-25H,16-17H2,1-3H3. The molecule has 1 saturated heterocycles. The Morgan fingerprint density at radius 3 is 2.00 bits per heavy atom. The van der Waals surface area contributed by atoms with Crippen LogP contribution < -0.4 is 0 Å².